The van der Waals surface area contributed by atoms with Crippen LogP contribution in [0.25, 0.3) is 0 Å². The molecule has 0 atom stereocenters. The maximum Gasteiger partial charge on any atom is 0.251 e. The summed E-state index contributed by atoms with van der Waals surface area (Å²) in [6, 6.07) is 7.33. The van der Waals surface area contributed by atoms with Crippen LogP contribution < -0.4 is 5.32 Å². The zero-order valence-corrected chi connectivity index (χ0v) is 10.9. The van der Waals surface area contributed by atoms with Crippen molar-refractivity contribution < 1.29 is 4.79 Å². The molecule has 0 aliphatic heterocycles. The first-order chi connectivity index (χ1) is 7.87. The Bertz CT molecular complexity index is 475. The van der Waals surface area contributed by atoms with Gasteiger partial charge in [-0.3, -0.25) is 4.79 Å². The molecule has 0 radical (unpaired) electrons. The zero-order valence-electron chi connectivity index (χ0n) is 10.2. The van der Waals surface area contributed by atoms with Crippen molar-refractivity contribution in [2.45, 2.75) is 20.8 Å². The molecule has 0 saturated carbocycles. The second kappa shape index (κ2) is 5.20. The van der Waals surface area contributed by atoms with Crippen molar-refractivity contribution in [1.29, 1.82) is 5.26 Å². The number of nitriles is 1. The number of amides is 1. The molecule has 1 rings (SSSR count). The van der Waals surface area contributed by atoms with Crippen molar-refractivity contribution in [3.05, 3.63) is 34.3 Å². The Labute approximate surface area is 106 Å². The van der Waals surface area contributed by atoms with Crippen molar-refractivity contribution >= 4 is 17.5 Å². The molecular weight excluding hydrogens is 236 g/mol. The fraction of sp³-hybridized carbons (Fsp3) is 0.385. The minimum Gasteiger partial charge on any atom is -0.350 e. The maximum atomic E-state index is 11.9. The van der Waals surface area contributed by atoms with Gasteiger partial charge in [0.2, 0.25) is 0 Å². The second-order valence-corrected chi connectivity index (χ2v) is 5.00. The molecule has 17 heavy (non-hydrogen) atoms. The first-order valence-electron chi connectivity index (χ1n) is 5.32. The monoisotopic (exact) mass is 250 g/mol. The standard InChI is InChI=1S/C13H15ClN2O/c1-9-10(5-4-6-11(9)14)12(17)16-8-13(2,3)7-15/h4-6H,8H2,1-3H3,(H,16,17). The van der Waals surface area contributed by atoms with Crippen LogP contribution in [0.15, 0.2) is 18.2 Å². The highest BCUT2D eigenvalue weighted by molar-refractivity contribution is 6.31. The average Bonchev–Trinajstić information content (AvgIpc) is 2.30. The Morgan fingerprint density at radius 3 is 2.76 bits per heavy atom. The van der Waals surface area contributed by atoms with Crippen molar-refractivity contribution in [2.75, 3.05) is 6.54 Å². The first-order valence-corrected chi connectivity index (χ1v) is 5.70. The van der Waals surface area contributed by atoms with E-state index in [1.54, 1.807) is 39.0 Å². The van der Waals surface area contributed by atoms with Gasteiger partial charge < -0.3 is 5.32 Å². The molecule has 0 aliphatic rings. The van der Waals surface area contributed by atoms with Crippen molar-refractivity contribution in [3.63, 3.8) is 0 Å². The molecule has 90 valence electrons. The van der Waals surface area contributed by atoms with E-state index in [-0.39, 0.29) is 5.91 Å². The Morgan fingerprint density at radius 2 is 2.18 bits per heavy atom. The van der Waals surface area contributed by atoms with E-state index in [9.17, 15) is 4.79 Å². The fourth-order valence-corrected chi connectivity index (χ4v) is 1.46. The van der Waals surface area contributed by atoms with E-state index >= 15 is 0 Å². The molecule has 4 heteroatoms. The van der Waals surface area contributed by atoms with Crippen LogP contribution in [-0.4, -0.2) is 12.5 Å². The van der Waals surface area contributed by atoms with E-state index in [4.69, 9.17) is 16.9 Å². The highest BCUT2D eigenvalue weighted by atomic mass is 35.5. The van der Waals surface area contributed by atoms with Crippen LogP contribution in [0.1, 0.15) is 29.8 Å². The van der Waals surface area contributed by atoms with E-state index < -0.39 is 5.41 Å². The van der Waals surface area contributed by atoms with Gasteiger partial charge in [0.25, 0.3) is 5.91 Å². The summed E-state index contributed by atoms with van der Waals surface area (Å²) >= 11 is 5.94. The van der Waals surface area contributed by atoms with Gasteiger partial charge in [0.1, 0.15) is 0 Å². The molecule has 0 bridgehead atoms. The summed E-state index contributed by atoms with van der Waals surface area (Å²) in [6.45, 7) is 5.66. The highest BCUT2D eigenvalue weighted by Crippen LogP contribution is 2.19. The number of hydrogen-bond donors (Lipinski definition) is 1. The average molecular weight is 251 g/mol. The molecule has 0 saturated heterocycles. The molecule has 1 N–H and O–H groups in total. The van der Waals surface area contributed by atoms with Gasteiger partial charge in [-0.15, -0.1) is 0 Å². The minimum atomic E-state index is -0.567. The predicted octanol–water partition coefficient (Wildman–Crippen LogP) is 2.93. The number of carbonyl (C=O) groups is 1. The Kier molecular flexibility index (Phi) is 4.14. The molecule has 0 spiro atoms. The van der Waals surface area contributed by atoms with Crippen LogP contribution in [0.3, 0.4) is 0 Å². The van der Waals surface area contributed by atoms with Crippen molar-refractivity contribution in [1.82, 2.24) is 5.32 Å². The zero-order chi connectivity index (χ0) is 13.1. The Hall–Kier alpha value is -1.53. The lowest BCUT2D eigenvalue weighted by Crippen LogP contribution is -2.33. The summed E-state index contributed by atoms with van der Waals surface area (Å²) in [5.74, 6) is -0.201. The molecule has 0 heterocycles. The second-order valence-electron chi connectivity index (χ2n) is 4.59. The molecule has 0 aromatic heterocycles. The van der Waals surface area contributed by atoms with Crippen molar-refractivity contribution in [2.24, 2.45) is 5.41 Å². The van der Waals surface area contributed by atoms with Gasteiger partial charge in [-0.25, -0.2) is 0 Å². The number of nitrogens with one attached hydrogen (secondary N) is 1. The summed E-state index contributed by atoms with van der Waals surface area (Å²) in [7, 11) is 0. The van der Waals surface area contributed by atoms with Crippen LogP contribution in [0, 0.1) is 23.7 Å². The normalized spacial score (nSPS) is 10.8. The quantitative estimate of drug-likeness (QED) is 0.897. The minimum absolute atomic E-state index is 0.201. The molecule has 1 amide bonds. The van der Waals surface area contributed by atoms with E-state index in [1.807, 2.05) is 0 Å². The first kappa shape index (κ1) is 13.5. The summed E-state index contributed by atoms with van der Waals surface area (Å²) in [5.41, 5.74) is 0.731. The lowest BCUT2D eigenvalue weighted by Gasteiger charge is -2.16. The van der Waals surface area contributed by atoms with Crippen LogP contribution >= 0.6 is 11.6 Å². The third-order valence-electron chi connectivity index (χ3n) is 2.51. The number of nitrogens with zero attached hydrogens (tertiary/aromatic N) is 1. The molecule has 0 fully saturated rings. The summed E-state index contributed by atoms with van der Waals surface area (Å²) < 4.78 is 0. The van der Waals surface area contributed by atoms with E-state index in [1.165, 1.54) is 0 Å². The Morgan fingerprint density at radius 1 is 1.53 bits per heavy atom. The van der Waals surface area contributed by atoms with Crippen LogP contribution in [-0.2, 0) is 0 Å². The number of hydrogen-bond acceptors (Lipinski definition) is 2. The van der Waals surface area contributed by atoms with E-state index in [2.05, 4.69) is 11.4 Å². The summed E-state index contributed by atoms with van der Waals surface area (Å²) in [4.78, 5) is 11.9. The molecule has 1 aromatic carbocycles. The van der Waals surface area contributed by atoms with Gasteiger partial charge in [0.05, 0.1) is 11.5 Å². The summed E-state index contributed by atoms with van der Waals surface area (Å²) in [5, 5.41) is 12.2. The largest absolute Gasteiger partial charge is 0.350 e. The predicted molar refractivity (Wildman–Crippen MR) is 67.9 cm³/mol. The van der Waals surface area contributed by atoms with E-state index in [0.717, 1.165) is 5.56 Å². The highest BCUT2D eigenvalue weighted by Gasteiger charge is 2.19. The van der Waals surface area contributed by atoms with E-state index in [0.29, 0.717) is 17.1 Å². The lowest BCUT2D eigenvalue weighted by atomic mass is 9.96. The van der Waals surface area contributed by atoms with Crippen LogP contribution in [0.4, 0.5) is 0 Å². The lowest BCUT2D eigenvalue weighted by molar-refractivity contribution is 0.0943. The smallest absolute Gasteiger partial charge is 0.251 e. The number of halogens is 1. The fourth-order valence-electron chi connectivity index (χ4n) is 1.29. The van der Waals surface area contributed by atoms with Gasteiger partial charge in [0.15, 0.2) is 0 Å². The van der Waals surface area contributed by atoms with Gasteiger partial charge in [-0.2, -0.15) is 5.26 Å². The van der Waals surface area contributed by atoms with Gasteiger partial charge >= 0.3 is 0 Å². The van der Waals surface area contributed by atoms with Gasteiger partial charge in [-0.05, 0) is 38.5 Å². The third-order valence-corrected chi connectivity index (χ3v) is 2.92. The van der Waals surface area contributed by atoms with Crippen LogP contribution in [0.5, 0.6) is 0 Å². The van der Waals surface area contributed by atoms with Gasteiger partial charge in [-0.1, -0.05) is 17.7 Å². The van der Waals surface area contributed by atoms with Gasteiger partial charge in [0, 0.05) is 17.1 Å². The molecule has 1 aromatic rings. The number of carbonyl (C=O) groups excluding carboxylic acids is 1. The number of rotatable bonds is 3. The SMILES string of the molecule is Cc1c(Cl)cccc1C(=O)NCC(C)(C)C#N. The Balaban J connectivity index is 2.79. The third kappa shape index (κ3) is 3.47. The van der Waals surface area contributed by atoms with Crippen molar-refractivity contribution in [3.8, 4) is 6.07 Å². The molecular formula is C13H15ClN2O. The molecule has 3 nitrogen and oxygen atoms in total. The maximum absolute atomic E-state index is 11.9. The molecule has 0 unspecified atom stereocenters. The summed E-state index contributed by atoms with van der Waals surface area (Å²) in [6.07, 6.45) is 0. The molecule has 0 aliphatic carbocycles. The topological polar surface area (TPSA) is 52.9 Å². The number of benzene rings is 1. The van der Waals surface area contributed by atoms with Crippen LogP contribution in [0.2, 0.25) is 5.02 Å².